The van der Waals surface area contributed by atoms with Crippen LogP contribution in [-0.2, 0) is 9.53 Å². The number of hydrogen-bond acceptors (Lipinski definition) is 4. The summed E-state index contributed by atoms with van der Waals surface area (Å²) in [6.07, 6.45) is 6.24. The zero-order valence-electron chi connectivity index (χ0n) is 14.5. The van der Waals surface area contributed by atoms with Gasteiger partial charge in [0.25, 0.3) is 0 Å². The van der Waals surface area contributed by atoms with Gasteiger partial charge in [-0.3, -0.25) is 4.79 Å². The zero-order chi connectivity index (χ0) is 18.4. The van der Waals surface area contributed by atoms with Crippen LogP contribution in [0.3, 0.4) is 0 Å². The molecule has 1 aromatic rings. The van der Waals surface area contributed by atoms with Gasteiger partial charge in [-0.05, 0) is 44.5 Å². The Kier molecular flexibility index (Phi) is 7.36. The van der Waals surface area contributed by atoms with E-state index in [1.807, 2.05) is 13.1 Å². The lowest BCUT2D eigenvalue weighted by molar-refractivity contribution is -0.117. The van der Waals surface area contributed by atoms with Gasteiger partial charge in [-0.1, -0.05) is 36.2 Å². The van der Waals surface area contributed by atoms with Crippen molar-refractivity contribution in [2.75, 3.05) is 13.7 Å². The van der Waals surface area contributed by atoms with Gasteiger partial charge in [0.2, 0.25) is 0 Å². The molecule has 136 valence electrons. The van der Waals surface area contributed by atoms with Gasteiger partial charge >= 0.3 is 0 Å². The summed E-state index contributed by atoms with van der Waals surface area (Å²) in [6, 6.07) is 5.37. The second-order valence-electron chi connectivity index (χ2n) is 6.07. The standard InChI is InChI=1S/C19H24Cl2N2O2/c1-3-13(23-2)9-10-25-11-14(19(24)12-7-8-12)18(22)17-15(20)5-4-6-16(17)21/h4-6,9-10,12-13,23H,3,7-8,11,22H2,1-2H3/b10-9+,18-14?/t13-/m0/s1. The van der Waals surface area contributed by atoms with E-state index in [1.54, 1.807) is 24.5 Å². The van der Waals surface area contributed by atoms with Crippen molar-refractivity contribution in [2.24, 2.45) is 11.7 Å². The first kappa shape index (κ1) is 19.8. The Hall–Kier alpha value is -1.49. The summed E-state index contributed by atoms with van der Waals surface area (Å²) in [4.78, 5) is 12.6. The van der Waals surface area contributed by atoms with Crippen molar-refractivity contribution in [1.82, 2.24) is 5.32 Å². The van der Waals surface area contributed by atoms with E-state index >= 15 is 0 Å². The van der Waals surface area contributed by atoms with Crippen LogP contribution in [0.4, 0.5) is 0 Å². The molecule has 1 fully saturated rings. The number of halogens is 2. The smallest absolute Gasteiger partial charge is 0.167 e. The SMILES string of the molecule is CC[C@@H](/C=C/OCC(C(=O)C1CC1)=C(N)c1c(Cl)cccc1Cl)NC. The number of ether oxygens (including phenoxy) is 1. The maximum absolute atomic E-state index is 12.6. The monoisotopic (exact) mass is 382 g/mol. The van der Waals surface area contributed by atoms with E-state index in [2.05, 4.69) is 12.2 Å². The molecular formula is C19H24Cl2N2O2. The third kappa shape index (κ3) is 5.24. The fourth-order valence-electron chi connectivity index (χ4n) is 2.50. The molecule has 0 saturated heterocycles. The summed E-state index contributed by atoms with van der Waals surface area (Å²) in [6.45, 7) is 2.17. The molecule has 1 saturated carbocycles. The van der Waals surface area contributed by atoms with E-state index in [4.69, 9.17) is 33.7 Å². The highest BCUT2D eigenvalue weighted by atomic mass is 35.5. The van der Waals surface area contributed by atoms with Crippen LogP contribution in [-0.4, -0.2) is 25.5 Å². The van der Waals surface area contributed by atoms with Crippen molar-refractivity contribution in [3.8, 4) is 0 Å². The molecule has 3 N–H and O–H groups in total. The number of benzene rings is 1. The van der Waals surface area contributed by atoms with Gasteiger partial charge in [-0.2, -0.15) is 0 Å². The van der Waals surface area contributed by atoms with Crippen molar-refractivity contribution in [2.45, 2.75) is 32.2 Å². The van der Waals surface area contributed by atoms with E-state index in [-0.39, 0.29) is 24.3 Å². The van der Waals surface area contributed by atoms with Crippen LogP contribution in [0.5, 0.6) is 0 Å². The molecule has 2 rings (SSSR count). The van der Waals surface area contributed by atoms with E-state index in [0.29, 0.717) is 26.9 Å². The van der Waals surface area contributed by atoms with E-state index in [9.17, 15) is 4.79 Å². The topological polar surface area (TPSA) is 64.3 Å². The molecular weight excluding hydrogens is 359 g/mol. The summed E-state index contributed by atoms with van der Waals surface area (Å²) in [5.41, 5.74) is 7.49. The van der Waals surface area contributed by atoms with Gasteiger partial charge in [-0.25, -0.2) is 0 Å². The minimum Gasteiger partial charge on any atom is -0.497 e. The summed E-state index contributed by atoms with van der Waals surface area (Å²) >= 11 is 12.5. The Labute approximate surface area is 159 Å². The molecule has 0 heterocycles. The predicted molar refractivity (Wildman–Crippen MR) is 104 cm³/mol. The van der Waals surface area contributed by atoms with Crippen LogP contribution >= 0.6 is 23.2 Å². The van der Waals surface area contributed by atoms with Gasteiger partial charge < -0.3 is 15.8 Å². The molecule has 1 atom stereocenters. The lowest BCUT2D eigenvalue weighted by atomic mass is 10.0. The summed E-state index contributed by atoms with van der Waals surface area (Å²) in [5, 5.41) is 3.99. The van der Waals surface area contributed by atoms with Gasteiger partial charge in [0.15, 0.2) is 5.78 Å². The van der Waals surface area contributed by atoms with Gasteiger partial charge in [0.05, 0.1) is 27.6 Å². The van der Waals surface area contributed by atoms with Crippen LogP contribution in [0.15, 0.2) is 36.1 Å². The number of ketones is 1. The molecule has 0 aliphatic heterocycles. The normalized spacial score (nSPS) is 16.6. The average molecular weight is 383 g/mol. The summed E-state index contributed by atoms with van der Waals surface area (Å²) in [5.74, 6) is 0.0469. The number of nitrogens with one attached hydrogen (secondary N) is 1. The molecule has 25 heavy (non-hydrogen) atoms. The Morgan fingerprint density at radius 2 is 2.04 bits per heavy atom. The molecule has 0 amide bonds. The molecule has 0 radical (unpaired) electrons. The third-order valence-corrected chi connectivity index (χ3v) is 4.88. The number of likely N-dealkylation sites (N-methyl/N-ethyl adjacent to an activating group) is 1. The van der Waals surface area contributed by atoms with Gasteiger partial charge in [0.1, 0.15) is 6.61 Å². The van der Waals surface area contributed by atoms with Crippen molar-refractivity contribution in [1.29, 1.82) is 0 Å². The lowest BCUT2D eigenvalue weighted by Crippen LogP contribution is -2.21. The number of carbonyl (C=O) groups is 1. The molecule has 1 aliphatic rings. The van der Waals surface area contributed by atoms with E-state index in [1.165, 1.54) is 0 Å². The van der Waals surface area contributed by atoms with Gasteiger partial charge in [0, 0.05) is 17.5 Å². The highest BCUT2D eigenvalue weighted by Crippen LogP contribution is 2.36. The Balaban J connectivity index is 2.25. The highest BCUT2D eigenvalue weighted by Gasteiger charge is 2.33. The molecule has 1 aliphatic carbocycles. The van der Waals surface area contributed by atoms with Crippen LogP contribution in [0.2, 0.25) is 10.0 Å². The second-order valence-corrected chi connectivity index (χ2v) is 6.88. The minimum absolute atomic E-state index is 0.0162. The molecule has 6 heteroatoms. The van der Waals surface area contributed by atoms with Gasteiger partial charge in [-0.15, -0.1) is 0 Å². The first-order valence-corrected chi connectivity index (χ1v) is 9.17. The molecule has 4 nitrogen and oxygen atoms in total. The zero-order valence-corrected chi connectivity index (χ0v) is 16.0. The maximum Gasteiger partial charge on any atom is 0.167 e. The number of rotatable bonds is 9. The predicted octanol–water partition coefficient (Wildman–Crippen LogP) is 4.17. The first-order valence-electron chi connectivity index (χ1n) is 8.42. The van der Waals surface area contributed by atoms with E-state index < -0.39 is 0 Å². The first-order chi connectivity index (χ1) is 12.0. The summed E-state index contributed by atoms with van der Waals surface area (Å²) in [7, 11) is 1.89. The molecule has 1 aromatic carbocycles. The van der Waals surface area contributed by atoms with Crippen LogP contribution < -0.4 is 11.1 Å². The van der Waals surface area contributed by atoms with Crippen LogP contribution in [0, 0.1) is 5.92 Å². The largest absolute Gasteiger partial charge is 0.497 e. The Morgan fingerprint density at radius 1 is 1.40 bits per heavy atom. The molecule has 0 bridgehead atoms. The van der Waals surface area contributed by atoms with Crippen LogP contribution in [0.1, 0.15) is 31.7 Å². The fourth-order valence-corrected chi connectivity index (χ4v) is 3.10. The van der Waals surface area contributed by atoms with Crippen molar-refractivity contribution in [3.63, 3.8) is 0 Å². The number of carbonyl (C=O) groups excluding carboxylic acids is 1. The Bertz CT molecular complexity index is 658. The van der Waals surface area contributed by atoms with Crippen molar-refractivity contribution in [3.05, 3.63) is 51.7 Å². The van der Waals surface area contributed by atoms with Crippen LogP contribution in [0.25, 0.3) is 5.70 Å². The lowest BCUT2D eigenvalue weighted by Gasteiger charge is -2.14. The molecule has 0 aromatic heterocycles. The highest BCUT2D eigenvalue weighted by molar-refractivity contribution is 6.37. The molecule has 0 spiro atoms. The quantitative estimate of drug-likeness (QED) is 0.496. The number of nitrogens with two attached hydrogens (primary N) is 1. The summed E-state index contributed by atoms with van der Waals surface area (Å²) < 4.78 is 5.59. The minimum atomic E-state index is 0.0162. The molecule has 0 unspecified atom stereocenters. The number of hydrogen-bond donors (Lipinski definition) is 2. The Morgan fingerprint density at radius 3 is 2.56 bits per heavy atom. The number of Topliss-reactive ketones (excluding diaryl/α,β-unsaturated/α-hetero) is 1. The second kappa shape index (κ2) is 9.27. The van der Waals surface area contributed by atoms with E-state index in [0.717, 1.165) is 19.3 Å². The van der Waals surface area contributed by atoms with Crippen molar-refractivity contribution < 1.29 is 9.53 Å². The van der Waals surface area contributed by atoms with Crippen molar-refractivity contribution >= 4 is 34.7 Å². The average Bonchev–Trinajstić information content (AvgIpc) is 3.42. The third-order valence-electron chi connectivity index (χ3n) is 4.25. The fraction of sp³-hybridized carbons (Fsp3) is 0.421. The maximum atomic E-state index is 12.6.